The summed E-state index contributed by atoms with van der Waals surface area (Å²) in [7, 11) is -0.954. The Morgan fingerprint density at radius 2 is 1.77 bits per heavy atom. The summed E-state index contributed by atoms with van der Waals surface area (Å²) in [6.07, 6.45) is 8.00. The van der Waals surface area contributed by atoms with Crippen molar-refractivity contribution >= 4 is 16.6 Å². The second kappa shape index (κ2) is 8.42. The summed E-state index contributed by atoms with van der Waals surface area (Å²) in [5.41, 5.74) is 0. The fourth-order valence-corrected chi connectivity index (χ4v) is 1.82. The standard InChI is InChI=1S/C10H20O2S/c1-3-4-5-6-7-8-10(11)9-13(2)12/h3-9H2,1-2H3. The molecule has 0 amide bonds. The SMILES string of the molecule is CCCCCCCC(=O)CS(C)=O. The van der Waals surface area contributed by atoms with Crippen LogP contribution in [0.3, 0.4) is 0 Å². The van der Waals surface area contributed by atoms with Crippen molar-refractivity contribution < 1.29 is 9.00 Å². The number of unbranched alkanes of at least 4 members (excludes halogenated alkanes) is 4. The maximum Gasteiger partial charge on any atom is 0.145 e. The molecule has 3 heteroatoms. The van der Waals surface area contributed by atoms with Crippen LogP contribution < -0.4 is 0 Å². The van der Waals surface area contributed by atoms with Gasteiger partial charge in [0.25, 0.3) is 0 Å². The van der Waals surface area contributed by atoms with Crippen molar-refractivity contribution in [1.29, 1.82) is 0 Å². The Hall–Kier alpha value is -0.180. The van der Waals surface area contributed by atoms with E-state index in [1.807, 2.05) is 0 Å². The lowest BCUT2D eigenvalue weighted by Crippen LogP contribution is -2.08. The summed E-state index contributed by atoms with van der Waals surface area (Å²) in [5, 5.41) is 0. The topological polar surface area (TPSA) is 34.1 Å². The van der Waals surface area contributed by atoms with Crippen molar-refractivity contribution in [2.45, 2.75) is 45.4 Å². The summed E-state index contributed by atoms with van der Waals surface area (Å²) in [5.74, 6) is 0.394. The van der Waals surface area contributed by atoms with Crippen LogP contribution in [0.25, 0.3) is 0 Å². The number of hydrogen-bond donors (Lipinski definition) is 0. The average molecular weight is 204 g/mol. The molecule has 0 radical (unpaired) electrons. The van der Waals surface area contributed by atoms with Gasteiger partial charge in [-0.3, -0.25) is 9.00 Å². The van der Waals surface area contributed by atoms with Gasteiger partial charge in [0, 0.05) is 23.5 Å². The van der Waals surface area contributed by atoms with Crippen LogP contribution in [0, 0.1) is 0 Å². The first kappa shape index (κ1) is 12.8. The van der Waals surface area contributed by atoms with Gasteiger partial charge in [0.05, 0.1) is 5.75 Å². The molecule has 0 aliphatic rings. The highest BCUT2D eigenvalue weighted by Gasteiger charge is 2.03. The fourth-order valence-electron chi connectivity index (χ4n) is 1.22. The van der Waals surface area contributed by atoms with Gasteiger partial charge < -0.3 is 0 Å². The first-order valence-electron chi connectivity index (χ1n) is 4.98. The van der Waals surface area contributed by atoms with Crippen molar-refractivity contribution in [1.82, 2.24) is 0 Å². The van der Waals surface area contributed by atoms with E-state index in [9.17, 15) is 9.00 Å². The van der Waals surface area contributed by atoms with E-state index in [0.717, 1.165) is 12.8 Å². The Morgan fingerprint density at radius 1 is 1.15 bits per heavy atom. The molecular formula is C10H20O2S. The number of rotatable bonds is 8. The average Bonchev–Trinajstić information content (AvgIpc) is 2.02. The zero-order valence-corrected chi connectivity index (χ0v) is 9.49. The molecule has 0 fully saturated rings. The summed E-state index contributed by atoms with van der Waals surface area (Å²) in [6, 6.07) is 0. The van der Waals surface area contributed by atoms with Crippen LogP contribution in [-0.4, -0.2) is 22.0 Å². The summed E-state index contributed by atoms with van der Waals surface area (Å²) in [4.78, 5) is 11.1. The van der Waals surface area contributed by atoms with Crippen LogP contribution in [-0.2, 0) is 15.6 Å². The lowest BCUT2D eigenvalue weighted by molar-refractivity contribution is -0.116. The summed E-state index contributed by atoms with van der Waals surface area (Å²) in [6.45, 7) is 2.17. The number of carbonyl (C=O) groups excluding carboxylic acids is 1. The monoisotopic (exact) mass is 204 g/mol. The molecule has 78 valence electrons. The molecule has 0 heterocycles. The van der Waals surface area contributed by atoms with Gasteiger partial charge in [0.15, 0.2) is 0 Å². The Kier molecular flexibility index (Phi) is 8.30. The molecule has 0 saturated heterocycles. The normalized spacial score (nSPS) is 12.8. The van der Waals surface area contributed by atoms with Crippen LogP contribution in [0.1, 0.15) is 45.4 Å². The van der Waals surface area contributed by atoms with Gasteiger partial charge in [0.1, 0.15) is 5.78 Å². The highest BCUT2D eigenvalue weighted by Crippen LogP contribution is 2.05. The van der Waals surface area contributed by atoms with Crippen molar-refractivity contribution in [3.63, 3.8) is 0 Å². The smallest absolute Gasteiger partial charge is 0.145 e. The van der Waals surface area contributed by atoms with Gasteiger partial charge in [-0.2, -0.15) is 0 Å². The van der Waals surface area contributed by atoms with E-state index in [1.165, 1.54) is 19.3 Å². The zero-order valence-electron chi connectivity index (χ0n) is 8.67. The Labute approximate surface area is 83.6 Å². The van der Waals surface area contributed by atoms with Gasteiger partial charge in [-0.25, -0.2) is 0 Å². The third-order valence-electron chi connectivity index (χ3n) is 1.92. The highest BCUT2D eigenvalue weighted by atomic mass is 32.2. The van der Waals surface area contributed by atoms with Gasteiger partial charge in [-0.1, -0.05) is 32.6 Å². The fraction of sp³-hybridized carbons (Fsp3) is 0.900. The minimum absolute atomic E-state index is 0.150. The minimum Gasteiger partial charge on any atom is -0.299 e. The van der Waals surface area contributed by atoms with E-state index in [4.69, 9.17) is 0 Å². The molecule has 0 saturated carbocycles. The molecule has 0 bridgehead atoms. The molecule has 0 aromatic heterocycles. The lowest BCUT2D eigenvalue weighted by Gasteiger charge is -1.98. The van der Waals surface area contributed by atoms with Crippen molar-refractivity contribution in [3.8, 4) is 0 Å². The van der Waals surface area contributed by atoms with E-state index < -0.39 is 10.8 Å². The molecule has 0 aromatic rings. The van der Waals surface area contributed by atoms with E-state index in [-0.39, 0.29) is 11.5 Å². The largest absolute Gasteiger partial charge is 0.299 e. The lowest BCUT2D eigenvalue weighted by atomic mass is 10.1. The predicted octanol–water partition coefficient (Wildman–Crippen LogP) is 2.29. The summed E-state index contributed by atoms with van der Waals surface area (Å²) >= 11 is 0. The number of Topliss-reactive ketones (excluding diaryl/α,β-unsaturated/α-hetero) is 1. The molecule has 1 atom stereocenters. The third-order valence-corrected chi connectivity index (χ3v) is 2.65. The molecule has 0 spiro atoms. The molecule has 13 heavy (non-hydrogen) atoms. The van der Waals surface area contributed by atoms with E-state index in [2.05, 4.69) is 6.92 Å². The Bertz CT molecular complexity index is 166. The first-order valence-corrected chi connectivity index (χ1v) is 6.71. The molecule has 2 nitrogen and oxygen atoms in total. The van der Waals surface area contributed by atoms with Gasteiger partial charge in [-0.05, 0) is 6.42 Å². The second-order valence-corrected chi connectivity index (χ2v) is 4.86. The van der Waals surface area contributed by atoms with Crippen molar-refractivity contribution in [2.75, 3.05) is 12.0 Å². The second-order valence-electron chi connectivity index (χ2n) is 3.42. The molecule has 0 N–H and O–H groups in total. The van der Waals surface area contributed by atoms with E-state index in [0.29, 0.717) is 6.42 Å². The van der Waals surface area contributed by atoms with Crippen molar-refractivity contribution in [2.24, 2.45) is 0 Å². The number of ketones is 1. The summed E-state index contributed by atoms with van der Waals surface area (Å²) < 4.78 is 10.7. The van der Waals surface area contributed by atoms with Crippen LogP contribution >= 0.6 is 0 Å². The van der Waals surface area contributed by atoms with E-state index >= 15 is 0 Å². The minimum atomic E-state index is -0.954. The molecule has 0 aromatic carbocycles. The van der Waals surface area contributed by atoms with E-state index in [1.54, 1.807) is 6.26 Å². The molecule has 0 rings (SSSR count). The van der Waals surface area contributed by atoms with Crippen LogP contribution in [0.15, 0.2) is 0 Å². The number of hydrogen-bond acceptors (Lipinski definition) is 2. The van der Waals surface area contributed by atoms with Crippen LogP contribution in [0.5, 0.6) is 0 Å². The van der Waals surface area contributed by atoms with Crippen molar-refractivity contribution in [3.05, 3.63) is 0 Å². The van der Waals surface area contributed by atoms with Gasteiger partial charge >= 0.3 is 0 Å². The predicted molar refractivity (Wildman–Crippen MR) is 57.3 cm³/mol. The molecular weight excluding hydrogens is 184 g/mol. The molecule has 1 unspecified atom stereocenters. The zero-order chi connectivity index (χ0) is 10.1. The third kappa shape index (κ3) is 9.74. The maximum atomic E-state index is 11.1. The first-order chi connectivity index (χ1) is 6.16. The van der Waals surface area contributed by atoms with Crippen LogP contribution in [0.2, 0.25) is 0 Å². The van der Waals surface area contributed by atoms with Gasteiger partial charge in [0.2, 0.25) is 0 Å². The van der Waals surface area contributed by atoms with Crippen LogP contribution in [0.4, 0.5) is 0 Å². The molecule has 0 aliphatic heterocycles. The van der Waals surface area contributed by atoms with Gasteiger partial charge in [-0.15, -0.1) is 0 Å². The molecule has 0 aliphatic carbocycles. The maximum absolute atomic E-state index is 11.1. The number of carbonyl (C=O) groups is 1. The Balaban J connectivity index is 3.22. The highest BCUT2D eigenvalue weighted by molar-refractivity contribution is 7.85. The Morgan fingerprint density at radius 3 is 2.31 bits per heavy atom. The quantitative estimate of drug-likeness (QED) is 0.568.